The van der Waals surface area contributed by atoms with Gasteiger partial charge in [-0.3, -0.25) is 9.59 Å². The number of imide groups is 1. The van der Waals surface area contributed by atoms with E-state index in [9.17, 15) is 9.59 Å². The summed E-state index contributed by atoms with van der Waals surface area (Å²) in [5.74, 6) is -0.206. The molecular formula is C20H23N2O2+. The summed E-state index contributed by atoms with van der Waals surface area (Å²) < 4.78 is 0. The molecule has 1 aliphatic rings. The van der Waals surface area contributed by atoms with E-state index in [4.69, 9.17) is 0 Å². The first-order valence-electron chi connectivity index (χ1n) is 8.52. The lowest BCUT2D eigenvalue weighted by atomic mass is 10.1. The predicted octanol–water partition coefficient (Wildman–Crippen LogP) is 1.69. The first kappa shape index (κ1) is 16.4. The largest absolute Gasteiger partial charge is 0.335 e. The molecule has 24 heavy (non-hydrogen) atoms. The van der Waals surface area contributed by atoms with Crippen molar-refractivity contribution in [3.63, 3.8) is 0 Å². The number of carbonyl (C=O) groups is 2. The number of aryl methyl sites for hydroxylation is 1. The van der Waals surface area contributed by atoms with E-state index in [2.05, 4.69) is 19.1 Å². The Hall–Kier alpha value is -2.46. The lowest BCUT2D eigenvalue weighted by Gasteiger charge is -2.14. The Morgan fingerprint density at radius 1 is 1.00 bits per heavy atom. The second-order valence-electron chi connectivity index (χ2n) is 6.16. The van der Waals surface area contributed by atoms with Crippen molar-refractivity contribution >= 4 is 17.5 Å². The molecule has 0 radical (unpaired) electrons. The van der Waals surface area contributed by atoms with Gasteiger partial charge in [0.25, 0.3) is 5.91 Å². The van der Waals surface area contributed by atoms with Gasteiger partial charge in [-0.1, -0.05) is 49.4 Å². The Balaban J connectivity index is 1.61. The fraction of sp³-hybridized carbons (Fsp3) is 0.300. The van der Waals surface area contributed by atoms with Gasteiger partial charge in [0.2, 0.25) is 5.91 Å². The van der Waals surface area contributed by atoms with Gasteiger partial charge < -0.3 is 5.32 Å². The van der Waals surface area contributed by atoms with E-state index in [1.165, 1.54) is 16.0 Å². The van der Waals surface area contributed by atoms with Gasteiger partial charge in [-0.15, -0.1) is 0 Å². The SMILES string of the molecule is CCc1ccc(N2C(=O)C[C@@H]([NH2+]CCc3ccccc3)C2=O)cc1. The van der Waals surface area contributed by atoms with E-state index in [1.807, 2.05) is 47.8 Å². The summed E-state index contributed by atoms with van der Waals surface area (Å²) in [6.07, 6.45) is 2.12. The quantitative estimate of drug-likeness (QED) is 0.823. The van der Waals surface area contributed by atoms with Crippen molar-refractivity contribution in [1.29, 1.82) is 0 Å². The number of benzene rings is 2. The third-order valence-corrected chi connectivity index (χ3v) is 4.51. The zero-order valence-corrected chi connectivity index (χ0v) is 13.9. The normalized spacial score (nSPS) is 17.5. The molecule has 0 unspecified atom stereocenters. The zero-order valence-electron chi connectivity index (χ0n) is 13.9. The Labute approximate surface area is 142 Å². The number of anilines is 1. The highest BCUT2D eigenvalue weighted by molar-refractivity contribution is 6.21. The van der Waals surface area contributed by atoms with Gasteiger partial charge in [-0.2, -0.15) is 0 Å². The Bertz CT molecular complexity index is 710. The second-order valence-corrected chi connectivity index (χ2v) is 6.16. The molecule has 0 aromatic heterocycles. The smallest absolute Gasteiger partial charge is 0.292 e. The van der Waals surface area contributed by atoms with Crippen molar-refractivity contribution in [3.05, 3.63) is 65.7 Å². The van der Waals surface area contributed by atoms with Crippen LogP contribution < -0.4 is 10.2 Å². The summed E-state index contributed by atoms with van der Waals surface area (Å²) in [7, 11) is 0. The van der Waals surface area contributed by atoms with Crippen LogP contribution in [-0.2, 0) is 22.4 Å². The molecule has 0 bridgehead atoms. The highest BCUT2D eigenvalue weighted by Crippen LogP contribution is 2.22. The Morgan fingerprint density at radius 3 is 2.38 bits per heavy atom. The standard InChI is InChI=1S/C20H22N2O2/c1-2-15-8-10-17(11-9-15)22-19(23)14-18(20(22)24)21-13-12-16-6-4-3-5-7-16/h3-11,18,21H,2,12-14H2,1H3/p+1/t18-/m1/s1. The van der Waals surface area contributed by atoms with Crippen molar-refractivity contribution in [2.45, 2.75) is 32.2 Å². The lowest BCUT2D eigenvalue weighted by molar-refractivity contribution is -0.674. The summed E-state index contributed by atoms with van der Waals surface area (Å²) in [4.78, 5) is 26.2. The first-order valence-corrected chi connectivity index (χ1v) is 8.52. The molecule has 1 fully saturated rings. The van der Waals surface area contributed by atoms with E-state index in [0.29, 0.717) is 5.69 Å². The highest BCUT2D eigenvalue weighted by atomic mass is 16.2. The Morgan fingerprint density at radius 2 is 1.71 bits per heavy atom. The molecule has 2 N–H and O–H groups in total. The summed E-state index contributed by atoms with van der Waals surface area (Å²) in [6, 6.07) is 17.6. The molecule has 1 aliphatic heterocycles. The molecule has 0 saturated carbocycles. The van der Waals surface area contributed by atoms with Crippen LogP contribution in [0.4, 0.5) is 5.69 Å². The minimum Gasteiger partial charge on any atom is -0.335 e. The monoisotopic (exact) mass is 323 g/mol. The summed E-state index contributed by atoms with van der Waals surface area (Å²) in [6.45, 7) is 2.88. The molecular weight excluding hydrogens is 300 g/mol. The van der Waals surface area contributed by atoms with Gasteiger partial charge in [-0.05, 0) is 29.7 Å². The minimum atomic E-state index is -0.299. The Kier molecular flexibility index (Phi) is 5.06. The number of quaternary nitrogens is 1. The maximum Gasteiger partial charge on any atom is 0.292 e. The number of nitrogens with two attached hydrogens (primary N) is 1. The maximum absolute atomic E-state index is 12.6. The van der Waals surface area contributed by atoms with Crippen LogP contribution in [-0.4, -0.2) is 24.4 Å². The fourth-order valence-corrected chi connectivity index (χ4v) is 3.09. The highest BCUT2D eigenvalue weighted by Gasteiger charge is 2.41. The molecule has 1 heterocycles. The zero-order chi connectivity index (χ0) is 16.9. The number of hydrogen-bond acceptors (Lipinski definition) is 2. The van der Waals surface area contributed by atoms with E-state index in [0.717, 1.165) is 19.4 Å². The second kappa shape index (κ2) is 7.41. The molecule has 124 valence electrons. The van der Waals surface area contributed by atoms with Gasteiger partial charge >= 0.3 is 0 Å². The topological polar surface area (TPSA) is 54.0 Å². The van der Waals surface area contributed by atoms with Gasteiger partial charge in [-0.25, -0.2) is 4.90 Å². The third-order valence-electron chi connectivity index (χ3n) is 4.51. The molecule has 4 nitrogen and oxygen atoms in total. The minimum absolute atomic E-state index is 0.0997. The number of carbonyl (C=O) groups excluding carboxylic acids is 2. The van der Waals surface area contributed by atoms with Gasteiger partial charge in [0.1, 0.15) is 0 Å². The molecule has 0 aliphatic carbocycles. The number of amides is 2. The molecule has 2 amide bonds. The van der Waals surface area contributed by atoms with Crippen molar-refractivity contribution in [2.75, 3.05) is 11.4 Å². The lowest BCUT2D eigenvalue weighted by Crippen LogP contribution is -2.92. The summed E-state index contributed by atoms with van der Waals surface area (Å²) in [5.41, 5.74) is 3.13. The summed E-state index contributed by atoms with van der Waals surface area (Å²) in [5, 5.41) is 1.99. The van der Waals surface area contributed by atoms with Crippen LogP contribution in [0.25, 0.3) is 0 Å². The molecule has 2 aromatic carbocycles. The van der Waals surface area contributed by atoms with Gasteiger partial charge in [0.05, 0.1) is 18.7 Å². The molecule has 1 saturated heterocycles. The van der Waals surface area contributed by atoms with Crippen LogP contribution in [0.1, 0.15) is 24.5 Å². The van der Waals surface area contributed by atoms with E-state index >= 15 is 0 Å². The molecule has 1 atom stereocenters. The maximum atomic E-state index is 12.6. The van der Waals surface area contributed by atoms with Crippen LogP contribution >= 0.6 is 0 Å². The predicted molar refractivity (Wildman–Crippen MR) is 93.7 cm³/mol. The van der Waals surface area contributed by atoms with Crippen molar-refractivity contribution < 1.29 is 14.9 Å². The van der Waals surface area contributed by atoms with E-state index < -0.39 is 0 Å². The van der Waals surface area contributed by atoms with Crippen molar-refractivity contribution in [3.8, 4) is 0 Å². The molecule has 0 spiro atoms. The first-order chi connectivity index (χ1) is 11.7. The van der Waals surface area contributed by atoms with Crippen LogP contribution in [0.5, 0.6) is 0 Å². The number of hydrogen-bond donors (Lipinski definition) is 1. The van der Waals surface area contributed by atoms with Gasteiger partial charge in [0, 0.05) is 6.42 Å². The number of rotatable bonds is 6. The van der Waals surface area contributed by atoms with Crippen molar-refractivity contribution in [1.82, 2.24) is 0 Å². The van der Waals surface area contributed by atoms with Crippen LogP contribution in [0.2, 0.25) is 0 Å². The third kappa shape index (κ3) is 3.54. The molecule has 4 heteroatoms. The van der Waals surface area contributed by atoms with Crippen LogP contribution in [0, 0.1) is 0 Å². The van der Waals surface area contributed by atoms with E-state index in [-0.39, 0.29) is 24.3 Å². The van der Waals surface area contributed by atoms with E-state index in [1.54, 1.807) is 0 Å². The van der Waals surface area contributed by atoms with Gasteiger partial charge in [0.15, 0.2) is 6.04 Å². The average Bonchev–Trinajstić information content (AvgIpc) is 2.90. The molecule has 2 aromatic rings. The average molecular weight is 323 g/mol. The van der Waals surface area contributed by atoms with Crippen LogP contribution in [0.3, 0.4) is 0 Å². The number of nitrogens with zero attached hydrogens (tertiary/aromatic N) is 1. The van der Waals surface area contributed by atoms with Crippen molar-refractivity contribution in [2.24, 2.45) is 0 Å². The fourth-order valence-electron chi connectivity index (χ4n) is 3.09. The molecule has 3 rings (SSSR count). The van der Waals surface area contributed by atoms with Crippen LogP contribution in [0.15, 0.2) is 54.6 Å². The summed E-state index contributed by atoms with van der Waals surface area (Å²) >= 11 is 0.